The van der Waals surface area contributed by atoms with E-state index in [4.69, 9.17) is 0 Å². The number of thiazole rings is 1. The van der Waals surface area contributed by atoms with Gasteiger partial charge in [-0.15, -0.1) is 11.3 Å². The molecular weight excluding hydrogens is 473 g/mol. The van der Waals surface area contributed by atoms with Gasteiger partial charge in [0.15, 0.2) is 5.60 Å². The molecule has 0 spiro atoms. The van der Waals surface area contributed by atoms with E-state index in [0.717, 1.165) is 23.4 Å². The summed E-state index contributed by atoms with van der Waals surface area (Å²) in [7, 11) is 0. The summed E-state index contributed by atoms with van der Waals surface area (Å²) in [6.45, 7) is 1.82. The van der Waals surface area contributed by atoms with E-state index < -0.39 is 29.0 Å². The molecule has 4 N–H and O–H groups in total. The van der Waals surface area contributed by atoms with Crippen molar-refractivity contribution in [2.75, 3.05) is 5.32 Å². The fourth-order valence-corrected chi connectivity index (χ4v) is 4.88. The maximum Gasteiger partial charge on any atom is 0.433 e. The Morgan fingerprint density at radius 1 is 1.12 bits per heavy atom. The smallest absolute Gasteiger partial charge is 0.433 e. The largest absolute Gasteiger partial charge is 0.479 e. The van der Waals surface area contributed by atoms with Crippen LogP contribution in [0.1, 0.15) is 41.9 Å². The van der Waals surface area contributed by atoms with E-state index in [1.54, 1.807) is 18.3 Å². The van der Waals surface area contributed by atoms with E-state index in [1.165, 1.54) is 11.3 Å². The van der Waals surface area contributed by atoms with Crippen molar-refractivity contribution in [1.82, 2.24) is 15.0 Å². The second kappa shape index (κ2) is 8.60. The molecule has 0 radical (unpaired) electrons. The van der Waals surface area contributed by atoms with E-state index in [2.05, 4.69) is 20.3 Å². The zero-order valence-corrected chi connectivity index (χ0v) is 18.7. The van der Waals surface area contributed by atoms with Gasteiger partial charge in [0.2, 0.25) is 5.95 Å². The minimum absolute atomic E-state index is 0.0518. The maximum absolute atomic E-state index is 12.9. The van der Waals surface area contributed by atoms with Crippen LogP contribution in [0.3, 0.4) is 0 Å². The van der Waals surface area contributed by atoms with Gasteiger partial charge in [-0.2, -0.15) is 13.2 Å². The number of benzene rings is 1. The molecule has 1 fully saturated rings. The number of carboxylic acids is 1. The first kappa shape index (κ1) is 24.0. The Kier molecular flexibility index (Phi) is 6.08. The number of aromatic nitrogens is 3. The molecule has 8 nitrogen and oxygen atoms in total. The number of nitrogens with zero attached hydrogens (tertiary/aromatic N) is 3. The molecule has 180 valence electrons. The quantitative estimate of drug-likeness (QED) is 0.415. The van der Waals surface area contributed by atoms with Crippen molar-refractivity contribution in [2.45, 2.75) is 50.0 Å². The zero-order valence-electron chi connectivity index (χ0n) is 17.9. The molecule has 0 saturated heterocycles. The van der Waals surface area contributed by atoms with Crippen molar-refractivity contribution in [3.63, 3.8) is 0 Å². The third kappa shape index (κ3) is 4.88. The molecule has 1 saturated carbocycles. The number of halogens is 3. The van der Waals surface area contributed by atoms with Crippen LogP contribution in [0.25, 0.3) is 10.4 Å². The highest BCUT2D eigenvalue weighted by molar-refractivity contribution is 7.15. The van der Waals surface area contributed by atoms with E-state index in [0.29, 0.717) is 15.6 Å². The molecule has 1 aliphatic rings. The third-order valence-corrected chi connectivity index (χ3v) is 7.01. The van der Waals surface area contributed by atoms with Crippen molar-refractivity contribution in [2.24, 2.45) is 0 Å². The van der Waals surface area contributed by atoms with Gasteiger partial charge in [-0.05, 0) is 61.9 Å². The number of hydrogen-bond donors (Lipinski definition) is 4. The number of aryl methyl sites for hydroxylation is 1. The third-order valence-electron chi connectivity index (χ3n) is 5.77. The second-order valence-electron chi connectivity index (χ2n) is 8.37. The number of carbonyl (C=O) groups is 1. The van der Waals surface area contributed by atoms with Gasteiger partial charge in [-0.3, -0.25) is 0 Å². The lowest BCUT2D eigenvalue weighted by atomic mass is 9.76. The lowest BCUT2D eigenvalue weighted by Gasteiger charge is -2.37. The molecule has 0 aliphatic heterocycles. The van der Waals surface area contributed by atoms with Gasteiger partial charge in [0.05, 0.1) is 4.88 Å². The van der Waals surface area contributed by atoms with Gasteiger partial charge >= 0.3 is 12.1 Å². The predicted molar refractivity (Wildman–Crippen MR) is 118 cm³/mol. The monoisotopic (exact) mass is 494 g/mol. The SMILES string of the molecule is Cc1cc(Nc2nccc(C(F)(F)F)n2)cc(-c2cnc(C3(O)CCC(O)(C(=O)O)CC3)s2)c1. The van der Waals surface area contributed by atoms with Gasteiger partial charge < -0.3 is 20.6 Å². The Morgan fingerprint density at radius 2 is 1.82 bits per heavy atom. The highest BCUT2D eigenvalue weighted by Gasteiger charge is 2.47. The van der Waals surface area contributed by atoms with Crippen LogP contribution in [0.5, 0.6) is 0 Å². The number of aliphatic carboxylic acids is 1. The maximum atomic E-state index is 12.9. The summed E-state index contributed by atoms with van der Waals surface area (Å²) in [5.41, 5.74) is -2.23. The van der Waals surface area contributed by atoms with E-state index >= 15 is 0 Å². The first-order valence-corrected chi connectivity index (χ1v) is 11.1. The van der Waals surface area contributed by atoms with Gasteiger partial charge in [0.1, 0.15) is 16.3 Å². The minimum atomic E-state index is -4.59. The van der Waals surface area contributed by atoms with Gasteiger partial charge in [-0.25, -0.2) is 19.7 Å². The van der Waals surface area contributed by atoms with Crippen molar-refractivity contribution in [1.29, 1.82) is 0 Å². The number of nitrogens with one attached hydrogen (secondary N) is 1. The Morgan fingerprint density at radius 3 is 2.47 bits per heavy atom. The molecule has 3 aromatic rings. The van der Waals surface area contributed by atoms with Crippen LogP contribution < -0.4 is 5.32 Å². The number of anilines is 2. The van der Waals surface area contributed by atoms with Crippen LogP contribution in [-0.2, 0) is 16.6 Å². The van der Waals surface area contributed by atoms with Crippen molar-refractivity contribution in [3.05, 3.63) is 52.9 Å². The van der Waals surface area contributed by atoms with Crippen LogP contribution in [0.2, 0.25) is 0 Å². The Hall–Kier alpha value is -3.09. The molecule has 0 atom stereocenters. The summed E-state index contributed by atoms with van der Waals surface area (Å²) in [6, 6.07) is 6.10. The van der Waals surface area contributed by atoms with E-state index in [1.807, 2.05) is 13.0 Å². The van der Waals surface area contributed by atoms with Crippen LogP contribution in [0, 0.1) is 6.92 Å². The molecule has 0 unspecified atom stereocenters. The highest BCUT2D eigenvalue weighted by Crippen LogP contribution is 2.44. The standard InChI is InChI=1S/C22H21F3N4O4S/c1-12-8-13(10-14(9-12)28-19-26-7-2-16(29-19)22(23,24)25)15-11-27-17(34-15)20(32)3-5-21(33,6-4-20)18(30)31/h2,7-11,32-33H,3-6H2,1H3,(H,30,31)(H,26,28,29). The lowest BCUT2D eigenvalue weighted by Crippen LogP contribution is -2.46. The molecule has 34 heavy (non-hydrogen) atoms. The van der Waals surface area contributed by atoms with Crippen molar-refractivity contribution < 1.29 is 33.3 Å². The van der Waals surface area contributed by atoms with Crippen LogP contribution in [0.15, 0.2) is 36.7 Å². The number of carboxylic acid groups (broad SMARTS) is 1. The fourth-order valence-electron chi connectivity index (χ4n) is 3.83. The summed E-state index contributed by atoms with van der Waals surface area (Å²) in [5.74, 6) is -1.50. The van der Waals surface area contributed by atoms with E-state index in [9.17, 15) is 33.3 Å². The first-order chi connectivity index (χ1) is 15.9. The normalized spacial score (nSPS) is 23.0. The average Bonchev–Trinajstić information content (AvgIpc) is 3.26. The van der Waals surface area contributed by atoms with E-state index in [-0.39, 0.29) is 31.6 Å². The zero-order chi connectivity index (χ0) is 24.7. The number of alkyl halides is 3. The molecule has 1 aromatic carbocycles. The Labute approximate surface area is 196 Å². The van der Waals surface area contributed by atoms with Crippen LogP contribution in [0.4, 0.5) is 24.8 Å². The summed E-state index contributed by atoms with van der Waals surface area (Å²) >= 11 is 1.23. The summed E-state index contributed by atoms with van der Waals surface area (Å²) in [6.07, 6.45) is -2.06. The van der Waals surface area contributed by atoms with Gasteiger partial charge in [0.25, 0.3) is 0 Å². The molecule has 0 bridgehead atoms. The molecule has 1 aliphatic carbocycles. The highest BCUT2D eigenvalue weighted by atomic mass is 32.1. The molecule has 4 rings (SSSR count). The fraction of sp³-hybridized carbons (Fsp3) is 0.364. The minimum Gasteiger partial charge on any atom is -0.479 e. The Balaban J connectivity index is 1.56. The van der Waals surface area contributed by atoms with Crippen LogP contribution >= 0.6 is 11.3 Å². The predicted octanol–water partition coefficient (Wildman–Crippen LogP) is 4.25. The summed E-state index contributed by atoms with van der Waals surface area (Å²) < 4.78 is 38.8. The summed E-state index contributed by atoms with van der Waals surface area (Å²) in [5, 5.41) is 33.6. The Bertz CT molecular complexity index is 1220. The van der Waals surface area contributed by atoms with Gasteiger partial charge in [0, 0.05) is 18.1 Å². The topological polar surface area (TPSA) is 128 Å². The number of rotatable bonds is 5. The molecule has 0 amide bonds. The van der Waals surface area contributed by atoms with Crippen molar-refractivity contribution >= 4 is 28.9 Å². The molecule has 12 heteroatoms. The number of hydrogen-bond acceptors (Lipinski definition) is 8. The number of aliphatic hydroxyl groups is 2. The molecular formula is C22H21F3N4O4S. The van der Waals surface area contributed by atoms with Crippen molar-refractivity contribution in [3.8, 4) is 10.4 Å². The summed E-state index contributed by atoms with van der Waals surface area (Å²) in [4.78, 5) is 23.7. The average molecular weight is 494 g/mol. The first-order valence-electron chi connectivity index (χ1n) is 10.3. The molecule has 2 heterocycles. The lowest BCUT2D eigenvalue weighted by molar-refractivity contribution is -0.168. The molecule has 2 aromatic heterocycles. The van der Waals surface area contributed by atoms with Crippen LogP contribution in [-0.4, -0.2) is 41.8 Å². The second-order valence-corrected chi connectivity index (χ2v) is 9.40. The van der Waals surface area contributed by atoms with Gasteiger partial charge in [-0.1, -0.05) is 6.07 Å².